The van der Waals surface area contributed by atoms with Crippen LogP contribution in [0.15, 0.2) is 28.8 Å². The number of aromatic nitrogens is 1. The van der Waals surface area contributed by atoms with Crippen molar-refractivity contribution in [3.63, 3.8) is 0 Å². The number of hydrogen-bond acceptors (Lipinski definition) is 5. The van der Waals surface area contributed by atoms with E-state index in [1.165, 1.54) is 16.8 Å². The first-order chi connectivity index (χ1) is 12.9. The van der Waals surface area contributed by atoms with E-state index < -0.39 is 0 Å². The molecule has 5 heteroatoms. The Morgan fingerprint density at radius 3 is 2.48 bits per heavy atom. The second-order valence-electron chi connectivity index (χ2n) is 8.23. The Bertz CT molecular complexity index is 732. The average Bonchev–Trinajstić information content (AvgIpc) is 3.09. The molecule has 0 amide bonds. The van der Waals surface area contributed by atoms with E-state index in [-0.39, 0.29) is 0 Å². The molecule has 1 aromatic carbocycles. The lowest BCUT2D eigenvalue weighted by Gasteiger charge is -2.37. The van der Waals surface area contributed by atoms with Crippen molar-refractivity contribution in [2.24, 2.45) is 0 Å². The molecule has 0 spiro atoms. The molecule has 1 aliphatic heterocycles. The summed E-state index contributed by atoms with van der Waals surface area (Å²) in [6.07, 6.45) is 0. The van der Waals surface area contributed by atoms with Gasteiger partial charge in [-0.2, -0.15) is 0 Å². The van der Waals surface area contributed by atoms with Gasteiger partial charge in [-0.1, -0.05) is 36.7 Å². The SMILES string of the molecule is Cc1ccc(N2CCN(CCN(C)Cc3cc(C(C)C)no3)CC2)c(C)c1. The number of hydrogen-bond donors (Lipinski definition) is 0. The summed E-state index contributed by atoms with van der Waals surface area (Å²) in [6.45, 7) is 16.1. The molecule has 148 valence electrons. The van der Waals surface area contributed by atoms with E-state index >= 15 is 0 Å². The van der Waals surface area contributed by atoms with E-state index in [9.17, 15) is 0 Å². The summed E-state index contributed by atoms with van der Waals surface area (Å²) in [5, 5.41) is 4.15. The maximum absolute atomic E-state index is 5.46. The molecule has 0 bridgehead atoms. The van der Waals surface area contributed by atoms with Gasteiger partial charge < -0.3 is 9.42 Å². The zero-order valence-corrected chi connectivity index (χ0v) is 17.5. The Morgan fingerprint density at radius 1 is 1.11 bits per heavy atom. The van der Waals surface area contributed by atoms with Crippen LogP contribution in [0.25, 0.3) is 0 Å². The number of anilines is 1. The number of piperazine rings is 1. The van der Waals surface area contributed by atoms with Crippen LogP contribution in [0.5, 0.6) is 0 Å². The predicted molar refractivity (Wildman–Crippen MR) is 111 cm³/mol. The molecule has 1 fully saturated rings. The van der Waals surface area contributed by atoms with Crippen LogP contribution < -0.4 is 4.90 Å². The minimum Gasteiger partial charge on any atom is -0.369 e. The highest BCUT2D eigenvalue weighted by molar-refractivity contribution is 5.54. The average molecular weight is 371 g/mol. The van der Waals surface area contributed by atoms with Crippen molar-refractivity contribution < 1.29 is 4.52 Å². The topological polar surface area (TPSA) is 35.8 Å². The summed E-state index contributed by atoms with van der Waals surface area (Å²) in [5.74, 6) is 1.38. The molecule has 1 aromatic heterocycles. The van der Waals surface area contributed by atoms with Crippen LogP contribution in [0, 0.1) is 13.8 Å². The van der Waals surface area contributed by atoms with Crippen LogP contribution in [0.3, 0.4) is 0 Å². The molecule has 1 saturated heterocycles. The fourth-order valence-corrected chi connectivity index (χ4v) is 3.71. The summed E-state index contributed by atoms with van der Waals surface area (Å²) < 4.78 is 5.46. The van der Waals surface area contributed by atoms with Crippen LogP contribution in [-0.4, -0.2) is 61.3 Å². The third-order valence-electron chi connectivity index (χ3n) is 5.46. The van der Waals surface area contributed by atoms with Crippen LogP contribution in [0.2, 0.25) is 0 Å². The molecule has 0 unspecified atom stereocenters. The Hall–Kier alpha value is -1.85. The number of likely N-dealkylation sites (N-methyl/N-ethyl adjacent to an activating group) is 1. The Morgan fingerprint density at radius 2 is 1.85 bits per heavy atom. The normalized spacial score (nSPS) is 15.9. The maximum Gasteiger partial charge on any atom is 0.150 e. The number of aryl methyl sites for hydroxylation is 2. The third-order valence-corrected chi connectivity index (χ3v) is 5.46. The quantitative estimate of drug-likeness (QED) is 0.743. The molecule has 1 aliphatic rings. The van der Waals surface area contributed by atoms with Crippen LogP contribution in [0.4, 0.5) is 5.69 Å². The highest BCUT2D eigenvalue weighted by atomic mass is 16.5. The maximum atomic E-state index is 5.46. The molecule has 0 radical (unpaired) electrons. The lowest BCUT2D eigenvalue weighted by Crippen LogP contribution is -2.48. The van der Waals surface area contributed by atoms with Gasteiger partial charge >= 0.3 is 0 Å². The summed E-state index contributed by atoms with van der Waals surface area (Å²) in [6, 6.07) is 8.86. The zero-order valence-electron chi connectivity index (χ0n) is 17.5. The largest absolute Gasteiger partial charge is 0.369 e. The molecule has 0 N–H and O–H groups in total. The standard InChI is InChI=1S/C22H34N4O/c1-17(2)21-15-20(27-23-21)16-24(5)8-9-25-10-12-26(13-11-25)22-7-6-18(3)14-19(22)4/h6-7,14-15,17H,8-13,16H2,1-5H3. The van der Waals surface area contributed by atoms with E-state index in [1.54, 1.807) is 0 Å². The molecule has 27 heavy (non-hydrogen) atoms. The fraction of sp³-hybridized carbons (Fsp3) is 0.591. The van der Waals surface area contributed by atoms with Crippen molar-refractivity contribution in [1.29, 1.82) is 0 Å². The fourth-order valence-electron chi connectivity index (χ4n) is 3.71. The van der Waals surface area contributed by atoms with Crippen molar-refractivity contribution in [1.82, 2.24) is 15.0 Å². The Labute approximate surface area is 163 Å². The van der Waals surface area contributed by atoms with E-state index in [2.05, 4.69) is 78.9 Å². The third kappa shape index (κ3) is 5.33. The van der Waals surface area contributed by atoms with Gasteiger partial charge in [0.1, 0.15) is 0 Å². The van der Waals surface area contributed by atoms with Crippen LogP contribution >= 0.6 is 0 Å². The van der Waals surface area contributed by atoms with Crippen molar-refractivity contribution in [3.05, 3.63) is 46.8 Å². The van der Waals surface area contributed by atoms with Crippen molar-refractivity contribution in [2.45, 2.75) is 40.2 Å². The summed E-state index contributed by atoms with van der Waals surface area (Å²) in [5.41, 5.74) is 5.16. The van der Waals surface area contributed by atoms with Gasteiger partial charge in [-0.05, 0) is 38.4 Å². The molecule has 0 saturated carbocycles. The summed E-state index contributed by atoms with van der Waals surface area (Å²) >= 11 is 0. The lowest BCUT2D eigenvalue weighted by atomic mass is 10.1. The summed E-state index contributed by atoms with van der Waals surface area (Å²) in [7, 11) is 2.16. The molecular formula is C22H34N4O. The smallest absolute Gasteiger partial charge is 0.150 e. The van der Waals surface area contributed by atoms with Gasteiger partial charge in [0.15, 0.2) is 5.76 Å². The molecule has 2 aromatic rings. The van der Waals surface area contributed by atoms with Gasteiger partial charge in [0.2, 0.25) is 0 Å². The Balaban J connectivity index is 1.42. The van der Waals surface area contributed by atoms with Crippen LogP contribution in [0.1, 0.15) is 42.3 Å². The van der Waals surface area contributed by atoms with Gasteiger partial charge in [-0.15, -0.1) is 0 Å². The second kappa shape index (κ2) is 8.89. The number of rotatable bonds is 7. The summed E-state index contributed by atoms with van der Waals surface area (Å²) in [4.78, 5) is 7.41. The van der Waals surface area contributed by atoms with E-state index in [1.807, 2.05) is 0 Å². The highest BCUT2D eigenvalue weighted by Gasteiger charge is 2.19. The van der Waals surface area contributed by atoms with Gasteiger partial charge in [0, 0.05) is 51.0 Å². The molecule has 2 heterocycles. The van der Waals surface area contributed by atoms with Gasteiger partial charge in [0.05, 0.1) is 12.2 Å². The molecule has 3 rings (SSSR count). The first-order valence-electron chi connectivity index (χ1n) is 10.1. The second-order valence-corrected chi connectivity index (χ2v) is 8.23. The van der Waals surface area contributed by atoms with Crippen LogP contribution in [-0.2, 0) is 6.54 Å². The minimum absolute atomic E-state index is 0.418. The number of nitrogens with zero attached hydrogens (tertiary/aromatic N) is 4. The monoisotopic (exact) mass is 370 g/mol. The minimum atomic E-state index is 0.418. The molecular weight excluding hydrogens is 336 g/mol. The molecule has 0 atom stereocenters. The Kier molecular flexibility index (Phi) is 6.55. The first-order valence-corrected chi connectivity index (χ1v) is 10.1. The van der Waals surface area contributed by atoms with Crippen molar-refractivity contribution >= 4 is 5.69 Å². The van der Waals surface area contributed by atoms with Gasteiger partial charge in [-0.25, -0.2) is 0 Å². The first kappa shape index (κ1) is 19.9. The van der Waals surface area contributed by atoms with Gasteiger partial charge in [0.25, 0.3) is 0 Å². The molecule has 5 nitrogen and oxygen atoms in total. The lowest BCUT2D eigenvalue weighted by molar-refractivity contribution is 0.201. The molecule has 0 aliphatic carbocycles. The van der Waals surface area contributed by atoms with Gasteiger partial charge in [-0.3, -0.25) is 9.80 Å². The van der Waals surface area contributed by atoms with Crippen molar-refractivity contribution in [3.8, 4) is 0 Å². The number of benzene rings is 1. The van der Waals surface area contributed by atoms with E-state index in [0.717, 1.165) is 57.3 Å². The van der Waals surface area contributed by atoms with E-state index in [4.69, 9.17) is 4.52 Å². The predicted octanol–water partition coefficient (Wildman–Crippen LogP) is 3.67. The zero-order chi connectivity index (χ0) is 19.4. The van der Waals surface area contributed by atoms with Crippen molar-refractivity contribution in [2.75, 3.05) is 51.2 Å². The highest BCUT2D eigenvalue weighted by Crippen LogP contribution is 2.22. The van der Waals surface area contributed by atoms with E-state index in [0.29, 0.717) is 5.92 Å².